The van der Waals surface area contributed by atoms with Crippen LogP contribution in [0.5, 0.6) is 5.75 Å². The molecule has 23 heavy (non-hydrogen) atoms. The number of halogens is 1. The molecule has 3 rings (SSSR count). The van der Waals surface area contributed by atoms with Gasteiger partial charge in [-0.25, -0.2) is 0 Å². The van der Waals surface area contributed by atoms with Crippen molar-refractivity contribution in [3.05, 3.63) is 45.1 Å². The van der Waals surface area contributed by atoms with Gasteiger partial charge in [0.25, 0.3) is 0 Å². The lowest BCUT2D eigenvalue weighted by molar-refractivity contribution is 0.340. The Morgan fingerprint density at radius 1 is 1.35 bits per heavy atom. The summed E-state index contributed by atoms with van der Waals surface area (Å²) in [5.74, 6) is 1.97. The molecule has 0 aliphatic carbocycles. The van der Waals surface area contributed by atoms with Gasteiger partial charge in [-0.1, -0.05) is 0 Å². The molecular formula is C16H17BrN2OS3. The van der Waals surface area contributed by atoms with Crippen LogP contribution in [0.25, 0.3) is 0 Å². The summed E-state index contributed by atoms with van der Waals surface area (Å²) in [5, 5.41) is 4.41. The summed E-state index contributed by atoms with van der Waals surface area (Å²) in [7, 11) is 0. The van der Waals surface area contributed by atoms with Crippen molar-refractivity contribution in [1.29, 1.82) is 0 Å². The van der Waals surface area contributed by atoms with Gasteiger partial charge in [0.05, 0.1) is 10.4 Å². The van der Waals surface area contributed by atoms with E-state index in [0.29, 0.717) is 12.0 Å². The minimum Gasteiger partial charge on any atom is -0.494 e. The smallest absolute Gasteiger partial charge is 0.174 e. The molecule has 1 saturated heterocycles. The number of thioether (sulfide) groups is 1. The molecule has 2 heterocycles. The summed E-state index contributed by atoms with van der Waals surface area (Å²) in [6.45, 7) is 3.62. The van der Waals surface area contributed by atoms with Crippen LogP contribution in [0.15, 0.2) is 40.2 Å². The van der Waals surface area contributed by atoms with E-state index in [-0.39, 0.29) is 0 Å². The van der Waals surface area contributed by atoms with Crippen LogP contribution in [0, 0.1) is 0 Å². The third-order valence-electron chi connectivity index (χ3n) is 3.41. The Labute approximate surface area is 158 Å². The van der Waals surface area contributed by atoms with Gasteiger partial charge in [-0.05, 0) is 71.5 Å². The van der Waals surface area contributed by atoms with E-state index in [1.807, 2.05) is 43.0 Å². The molecular weight excluding hydrogens is 412 g/mol. The van der Waals surface area contributed by atoms with Gasteiger partial charge in [0.1, 0.15) is 11.1 Å². The average Bonchev–Trinajstić information content (AvgIpc) is 3.18. The van der Waals surface area contributed by atoms with Crippen LogP contribution in [0.4, 0.5) is 5.69 Å². The first-order chi connectivity index (χ1) is 11.2. The van der Waals surface area contributed by atoms with Gasteiger partial charge in [0, 0.05) is 22.9 Å². The number of hydrogen-bond acceptors (Lipinski definition) is 4. The van der Waals surface area contributed by atoms with E-state index in [4.69, 9.17) is 17.0 Å². The third kappa shape index (κ3) is 4.21. The Balaban J connectivity index is 1.67. The van der Waals surface area contributed by atoms with Crippen molar-refractivity contribution in [2.24, 2.45) is 0 Å². The maximum absolute atomic E-state index is 5.63. The standard InChI is InChI=1S/C16H17BrN2OS3/c1-2-20-12-5-3-11(4-6-12)18-16(21)19-9-10-22-15(19)13-7-8-14(17)23-13/h3-8,15H,2,9-10H2,1H3,(H,18,21). The molecule has 0 bridgehead atoms. The van der Waals surface area contributed by atoms with Gasteiger partial charge < -0.3 is 15.0 Å². The molecule has 1 aromatic carbocycles. The van der Waals surface area contributed by atoms with Crippen LogP contribution >= 0.6 is 51.2 Å². The molecule has 0 amide bonds. The summed E-state index contributed by atoms with van der Waals surface area (Å²) >= 11 is 12.9. The first-order valence-electron chi connectivity index (χ1n) is 7.34. The minimum atomic E-state index is 0.300. The fraction of sp³-hybridized carbons (Fsp3) is 0.312. The van der Waals surface area contributed by atoms with Gasteiger partial charge in [-0.15, -0.1) is 23.1 Å². The first kappa shape index (κ1) is 17.1. The molecule has 122 valence electrons. The molecule has 7 heteroatoms. The largest absolute Gasteiger partial charge is 0.494 e. The van der Waals surface area contributed by atoms with Crippen molar-refractivity contribution in [3.63, 3.8) is 0 Å². The fourth-order valence-corrected chi connectivity index (χ4v) is 5.68. The van der Waals surface area contributed by atoms with Crippen LogP contribution in [-0.4, -0.2) is 28.9 Å². The molecule has 1 fully saturated rings. The highest BCUT2D eigenvalue weighted by molar-refractivity contribution is 9.11. The lowest BCUT2D eigenvalue weighted by Gasteiger charge is -2.26. The quantitative estimate of drug-likeness (QED) is 0.661. The highest BCUT2D eigenvalue weighted by atomic mass is 79.9. The zero-order chi connectivity index (χ0) is 16.2. The second kappa shape index (κ2) is 7.88. The van der Waals surface area contributed by atoms with Crippen molar-refractivity contribution in [2.45, 2.75) is 12.3 Å². The van der Waals surface area contributed by atoms with Gasteiger partial charge >= 0.3 is 0 Å². The lowest BCUT2D eigenvalue weighted by atomic mass is 10.3. The molecule has 1 aromatic heterocycles. The topological polar surface area (TPSA) is 24.5 Å². The van der Waals surface area contributed by atoms with Crippen molar-refractivity contribution < 1.29 is 4.74 Å². The van der Waals surface area contributed by atoms with Crippen molar-refractivity contribution in [2.75, 3.05) is 24.2 Å². The van der Waals surface area contributed by atoms with Gasteiger partial charge in [0.2, 0.25) is 0 Å². The van der Waals surface area contributed by atoms with E-state index >= 15 is 0 Å². The molecule has 1 unspecified atom stereocenters. The number of nitrogens with one attached hydrogen (secondary N) is 1. The van der Waals surface area contributed by atoms with E-state index in [9.17, 15) is 0 Å². The molecule has 0 radical (unpaired) electrons. The van der Waals surface area contributed by atoms with Crippen LogP contribution in [0.1, 0.15) is 17.2 Å². The predicted molar refractivity (Wildman–Crippen MR) is 108 cm³/mol. The third-order valence-corrected chi connectivity index (χ3v) is 6.81. The Kier molecular flexibility index (Phi) is 5.85. The van der Waals surface area contributed by atoms with Gasteiger partial charge in [-0.3, -0.25) is 0 Å². The Hall–Kier alpha value is -0.760. The summed E-state index contributed by atoms with van der Waals surface area (Å²) < 4.78 is 6.62. The Bertz CT molecular complexity index is 674. The van der Waals surface area contributed by atoms with Crippen molar-refractivity contribution >= 4 is 62.0 Å². The first-order valence-corrected chi connectivity index (χ1v) is 10.4. The minimum absolute atomic E-state index is 0.300. The molecule has 1 aliphatic heterocycles. The zero-order valence-electron chi connectivity index (χ0n) is 12.6. The molecule has 3 nitrogen and oxygen atoms in total. The van der Waals surface area contributed by atoms with E-state index in [0.717, 1.165) is 32.6 Å². The van der Waals surface area contributed by atoms with Crippen LogP contribution in [0.2, 0.25) is 0 Å². The van der Waals surface area contributed by atoms with E-state index in [1.165, 1.54) is 4.88 Å². The van der Waals surface area contributed by atoms with Crippen LogP contribution < -0.4 is 10.1 Å². The summed E-state index contributed by atoms with van der Waals surface area (Å²) in [5.41, 5.74) is 0.987. The molecule has 1 atom stereocenters. The number of nitrogens with zero attached hydrogens (tertiary/aromatic N) is 1. The highest BCUT2D eigenvalue weighted by Gasteiger charge is 2.29. The van der Waals surface area contributed by atoms with Crippen LogP contribution in [-0.2, 0) is 0 Å². The average molecular weight is 429 g/mol. The number of ether oxygens (including phenoxy) is 1. The summed E-state index contributed by atoms with van der Waals surface area (Å²) in [6, 6.07) is 12.2. The van der Waals surface area contributed by atoms with E-state index in [2.05, 4.69) is 38.3 Å². The van der Waals surface area contributed by atoms with Gasteiger partial charge in [0.15, 0.2) is 5.11 Å². The van der Waals surface area contributed by atoms with E-state index in [1.54, 1.807) is 11.3 Å². The summed E-state index contributed by atoms with van der Waals surface area (Å²) in [4.78, 5) is 3.59. The fourth-order valence-electron chi connectivity index (χ4n) is 2.37. The second-order valence-corrected chi connectivity index (χ2v) is 9.02. The molecule has 2 aromatic rings. The number of rotatable bonds is 4. The molecule has 1 N–H and O–H groups in total. The highest BCUT2D eigenvalue weighted by Crippen LogP contribution is 2.42. The van der Waals surface area contributed by atoms with Gasteiger partial charge in [-0.2, -0.15) is 0 Å². The Morgan fingerprint density at radius 2 is 2.13 bits per heavy atom. The van der Waals surface area contributed by atoms with Crippen LogP contribution in [0.3, 0.4) is 0 Å². The lowest BCUT2D eigenvalue weighted by Crippen LogP contribution is -2.33. The van der Waals surface area contributed by atoms with E-state index < -0.39 is 0 Å². The summed E-state index contributed by atoms with van der Waals surface area (Å²) in [6.07, 6.45) is 0. The molecule has 1 aliphatic rings. The number of thiophene rings is 1. The second-order valence-electron chi connectivity index (χ2n) is 4.95. The zero-order valence-corrected chi connectivity index (χ0v) is 16.7. The maximum atomic E-state index is 5.63. The maximum Gasteiger partial charge on any atom is 0.174 e. The predicted octanol–water partition coefficient (Wildman–Crippen LogP) is 5.35. The number of anilines is 1. The number of hydrogen-bond donors (Lipinski definition) is 1. The normalized spacial score (nSPS) is 17.3. The number of thiocarbonyl (C=S) groups is 1. The van der Waals surface area contributed by atoms with Crippen molar-refractivity contribution in [3.8, 4) is 5.75 Å². The molecule has 0 spiro atoms. The monoisotopic (exact) mass is 428 g/mol. The SMILES string of the molecule is CCOc1ccc(NC(=S)N2CCSC2c2ccc(Br)s2)cc1. The molecule has 0 saturated carbocycles. The Morgan fingerprint density at radius 3 is 2.78 bits per heavy atom. The number of benzene rings is 1. The van der Waals surface area contributed by atoms with Crippen molar-refractivity contribution in [1.82, 2.24) is 4.90 Å².